The Labute approximate surface area is 332 Å². The highest BCUT2D eigenvalue weighted by molar-refractivity contribution is 6.18. The Morgan fingerprint density at radius 1 is 0.707 bits per heavy atom. The number of alkyl halides is 3. The van der Waals surface area contributed by atoms with Gasteiger partial charge in [0.15, 0.2) is 6.35 Å². The third-order valence-corrected chi connectivity index (χ3v) is 9.70. The van der Waals surface area contributed by atoms with E-state index in [0.717, 1.165) is 17.0 Å². The van der Waals surface area contributed by atoms with Gasteiger partial charge in [0.2, 0.25) is 0 Å². The van der Waals surface area contributed by atoms with Crippen molar-refractivity contribution in [1.29, 1.82) is 5.26 Å². The number of halogens is 3. The molecule has 2 N–H and O–H groups in total. The summed E-state index contributed by atoms with van der Waals surface area (Å²) in [4.78, 5) is 45.4. The van der Waals surface area contributed by atoms with Gasteiger partial charge in [0, 0.05) is 17.8 Å². The molecule has 6 rings (SSSR count). The number of carbonyl (C=O) groups excluding carboxylic acids is 3. The van der Waals surface area contributed by atoms with Crippen LogP contribution in [0.3, 0.4) is 0 Å². The van der Waals surface area contributed by atoms with E-state index in [2.05, 4.69) is 5.32 Å². The fourth-order valence-corrected chi connectivity index (χ4v) is 6.61. The Bertz CT molecular complexity index is 2160. The van der Waals surface area contributed by atoms with Crippen molar-refractivity contribution in [2.75, 3.05) is 4.90 Å². The van der Waals surface area contributed by atoms with Crippen LogP contribution in [0.2, 0.25) is 0 Å². The van der Waals surface area contributed by atoms with Crippen molar-refractivity contribution in [1.82, 2.24) is 5.32 Å². The van der Waals surface area contributed by atoms with Crippen LogP contribution >= 0.6 is 0 Å². The van der Waals surface area contributed by atoms with Gasteiger partial charge in [0.05, 0.1) is 23.2 Å². The molecule has 5 aromatic rings. The van der Waals surface area contributed by atoms with Crippen molar-refractivity contribution in [3.63, 3.8) is 0 Å². The zero-order valence-corrected chi connectivity index (χ0v) is 31.2. The van der Waals surface area contributed by atoms with Gasteiger partial charge in [-0.2, -0.15) is 18.4 Å². The first-order valence-electron chi connectivity index (χ1n) is 18.1. The Balaban J connectivity index is 1.53. The SMILES string of the molecule is CC1=C(CC(C(=O)OCc2ccccc2)(C(=O)OCc2ccccc2)C(=O)OCc2ccccc2)[C@@H](c2ccc(C#N)cc2)NC(O)N1c1cccc(C(F)(F)F)c1. The molecule has 1 aliphatic heterocycles. The van der Waals surface area contributed by atoms with Gasteiger partial charge in [-0.05, 0) is 65.1 Å². The smallest absolute Gasteiger partial charge is 0.416 e. The molecule has 0 aliphatic carbocycles. The number of nitrogens with one attached hydrogen (secondary N) is 1. The van der Waals surface area contributed by atoms with Crippen molar-refractivity contribution < 1.29 is 46.9 Å². The molecular formula is C45H38F3N3O7. The number of aliphatic hydroxyl groups is 1. The zero-order chi connectivity index (χ0) is 41.3. The third kappa shape index (κ3) is 9.26. The molecule has 0 saturated carbocycles. The van der Waals surface area contributed by atoms with Gasteiger partial charge in [-0.25, -0.2) is 0 Å². The van der Waals surface area contributed by atoms with Crippen LogP contribution in [0.4, 0.5) is 18.9 Å². The first-order valence-corrected chi connectivity index (χ1v) is 18.1. The van der Waals surface area contributed by atoms with E-state index in [9.17, 15) is 37.9 Å². The van der Waals surface area contributed by atoms with Crippen molar-refractivity contribution in [3.05, 3.63) is 184 Å². The molecule has 0 radical (unpaired) electrons. The predicted octanol–water partition coefficient (Wildman–Crippen LogP) is 7.88. The second kappa shape index (κ2) is 18.0. The summed E-state index contributed by atoms with van der Waals surface area (Å²) < 4.78 is 59.1. The number of hydrogen-bond donors (Lipinski definition) is 2. The van der Waals surface area contributed by atoms with Crippen LogP contribution < -0.4 is 10.2 Å². The number of allylic oxidation sites excluding steroid dienone is 1. The van der Waals surface area contributed by atoms with E-state index < -0.39 is 53.9 Å². The Hall–Kier alpha value is -6.75. The standard InChI is InChI=1S/C45H38F3N3O7/c1-30-38(39(35-22-20-31(26-49)21-23-35)50-43(55)51(30)37-19-11-18-36(24-37)45(46,47)48)25-44(40(52)56-27-32-12-5-2-6-13-32,41(53)57-28-33-14-7-3-8-15-33)42(54)58-29-34-16-9-4-10-17-34/h2-24,39,43,50,55H,25,27-29H2,1H3/t39-,43?/m1/s1. The highest BCUT2D eigenvalue weighted by atomic mass is 19.4. The van der Waals surface area contributed by atoms with E-state index in [4.69, 9.17) is 14.2 Å². The third-order valence-electron chi connectivity index (χ3n) is 9.70. The molecule has 0 amide bonds. The summed E-state index contributed by atoms with van der Waals surface area (Å²) >= 11 is 0. The Morgan fingerprint density at radius 3 is 1.60 bits per heavy atom. The largest absolute Gasteiger partial charge is 0.460 e. The number of anilines is 1. The monoisotopic (exact) mass is 789 g/mol. The van der Waals surface area contributed by atoms with Crippen LogP contribution in [0.1, 0.15) is 52.8 Å². The van der Waals surface area contributed by atoms with Crippen LogP contribution in [0.25, 0.3) is 0 Å². The number of hydrogen-bond acceptors (Lipinski definition) is 10. The first kappa shape index (κ1) is 40.9. The Morgan fingerprint density at radius 2 is 1.17 bits per heavy atom. The molecule has 58 heavy (non-hydrogen) atoms. The van der Waals surface area contributed by atoms with Crippen LogP contribution in [0, 0.1) is 16.7 Å². The fourth-order valence-electron chi connectivity index (χ4n) is 6.61. The topological polar surface area (TPSA) is 138 Å². The Kier molecular flexibility index (Phi) is 12.7. The maximum Gasteiger partial charge on any atom is 0.416 e. The second-order valence-electron chi connectivity index (χ2n) is 13.5. The molecule has 1 unspecified atom stereocenters. The van der Waals surface area contributed by atoms with Gasteiger partial charge in [-0.15, -0.1) is 0 Å². The maximum atomic E-state index is 14.7. The number of aliphatic hydroxyl groups excluding tert-OH is 1. The summed E-state index contributed by atoms with van der Waals surface area (Å²) in [6.07, 6.45) is -7.14. The highest BCUT2D eigenvalue weighted by Crippen LogP contribution is 2.44. The van der Waals surface area contributed by atoms with Gasteiger partial charge in [-0.1, -0.05) is 109 Å². The van der Waals surface area contributed by atoms with Crippen LogP contribution in [-0.2, 0) is 54.6 Å². The number of nitriles is 1. The molecule has 0 spiro atoms. The van der Waals surface area contributed by atoms with Crippen molar-refractivity contribution in [3.8, 4) is 6.07 Å². The van der Waals surface area contributed by atoms with Crippen molar-refractivity contribution >= 4 is 23.6 Å². The lowest BCUT2D eigenvalue weighted by molar-refractivity contribution is -0.186. The fraction of sp³-hybridized carbons (Fsp3) is 0.200. The molecular weight excluding hydrogens is 752 g/mol. The number of esters is 3. The summed E-state index contributed by atoms with van der Waals surface area (Å²) in [7, 11) is 0. The lowest BCUT2D eigenvalue weighted by Gasteiger charge is -2.43. The summed E-state index contributed by atoms with van der Waals surface area (Å²) in [5, 5.41) is 24.0. The lowest BCUT2D eigenvalue weighted by atomic mass is 9.76. The minimum Gasteiger partial charge on any atom is -0.460 e. The minimum absolute atomic E-state index is 0.0846. The van der Waals surface area contributed by atoms with Gasteiger partial charge in [0.1, 0.15) is 19.8 Å². The van der Waals surface area contributed by atoms with E-state index in [0.29, 0.717) is 27.8 Å². The molecule has 5 aromatic carbocycles. The molecule has 13 heteroatoms. The maximum absolute atomic E-state index is 14.7. The lowest BCUT2D eigenvalue weighted by Crippen LogP contribution is -2.54. The molecule has 2 atom stereocenters. The van der Waals surface area contributed by atoms with E-state index in [1.54, 1.807) is 103 Å². The molecule has 296 valence electrons. The molecule has 0 aromatic heterocycles. The zero-order valence-electron chi connectivity index (χ0n) is 31.2. The van der Waals surface area contributed by atoms with Gasteiger partial charge in [0.25, 0.3) is 5.41 Å². The molecule has 10 nitrogen and oxygen atoms in total. The van der Waals surface area contributed by atoms with Crippen LogP contribution in [-0.4, -0.2) is 29.4 Å². The summed E-state index contributed by atoms with van der Waals surface area (Å²) in [6, 6.07) is 37.1. The number of benzene rings is 5. The minimum atomic E-state index is -4.72. The van der Waals surface area contributed by atoms with E-state index in [1.165, 1.54) is 31.2 Å². The highest BCUT2D eigenvalue weighted by Gasteiger charge is 2.59. The average molecular weight is 790 g/mol. The van der Waals surface area contributed by atoms with Crippen molar-refractivity contribution in [2.24, 2.45) is 5.41 Å². The van der Waals surface area contributed by atoms with Crippen LogP contribution in [0.15, 0.2) is 151 Å². The predicted molar refractivity (Wildman–Crippen MR) is 205 cm³/mol. The van der Waals surface area contributed by atoms with E-state index >= 15 is 0 Å². The molecule has 0 fully saturated rings. The van der Waals surface area contributed by atoms with Crippen molar-refractivity contribution in [2.45, 2.75) is 51.7 Å². The molecule has 1 aliphatic rings. The molecule has 0 saturated heterocycles. The summed E-state index contributed by atoms with van der Waals surface area (Å²) in [5.74, 6) is -3.91. The normalized spacial score (nSPS) is 15.6. The number of ether oxygens (including phenoxy) is 3. The molecule has 0 bridgehead atoms. The van der Waals surface area contributed by atoms with Gasteiger partial charge in [-0.3, -0.25) is 19.7 Å². The summed E-state index contributed by atoms with van der Waals surface area (Å²) in [5.41, 5.74) is -1.34. The quantitative estimate of drug-likeness (QED) is 0.0689. The number of nitrogens with zero attached hydrogens (tertiary/aromatic N) is 2. The van der Waals surface area contributed by atoms with Gasteiger partial charge >= 0.3 is 24.1 Å². The van der Waals surface area contributed by atoms with E-state index in [-0.39, 0.29) is 36.8 Å². The van der Waals surface area contributed by atoms with E-state index in [1.807, 2.05) is 6.07 Å². The van der Waals surface area contributed by atoms with Crippen LogP contribution in [0.5, 0.6) is 0 Å². The summed E-state index contributed by atoms with van der Waals surface area (Å²) in [6.45, 7) is 0.457. The first-order chi connectivity index (χ1) is 27.9. The number of rotatable bonds is 13. The second-order valence-corrected chi connectivity index (χ2v) is 13.5. The number of carbonyl (C=O) groups is 3. The average Bonchev–Trinajstić information content (AvgIpc) is 3.24. The molecule has 1 heterocycles. The van der Waals surface area contributed by atoms with Gasteiger partial charge < -0.3 is 24.2 Å².